The molecular weight excluding hydrogens is 424 g/mol. The first kappa shape index (κ1) is 20.3. The lowest BCUT2D eigenvalue weighted by molar-refractivity contribution is -0.383. The molecule has 158 valence electrons. The number of fused-ring (bicyclic) bond motifs is 1. The van der Waals surface area contributed by atoms with Crippen LogP contribution in [0.3, 0.4) is 0 Å². The number of aryl methyl sites for hydroxylation is 2. The monoisotopic (exact) mass is 440 g/mol. The lowest BCUT2D eigenvalue weighted by atomic mass is 10.2. The number of nitro groups is 1. The quantitative estimate of drug-likeness (QED) is 0.270. The first-order chi connectivity index (χ1) is 14.9. The topological polar surface area (TPSA) is 143 Å². The molecular formula is C18H16N8O4S. The number of carbonyl (C=O) groups excluding carboxylic acids is 1. The van der Waals surface area contributed by atoms with E-state index in [0.717, 1.165) is 17.4 Å². The van der Waals surface area contributed by atoms with Gasteiger partial charge in [-0.1, -0.05) is 30.0 Å². The minimum atomic E-state index is -0.602. The van der Waals surface area contributed by atoms with Gasteiger partial charge in [-0.25, -0.2) is 4.79 Å². The average molecular weight is 440 g/mol. The number of nitrogens with one attached hydrogen (secondary N) is 1. The molecule has 0 saturated carbocycles. The Kier molecular flexibility index (Phi) is 5.25. The molecule has 12 nitrogen and oxygen atoms in total. The largest absolute Gasteiger partial charge is 0.328 e. The Morgan fingerprint density at radius 3 is 2.52 bits per heavy atom. The molecule has 31 heavy (non-hydrogen) atoms. The fourth-order valence-electron chi connectivity index (χ4n) is 3.10. The van der Waals surface area contributed by atoms with E-state index in [9.17, 15) is 19.7 Å². The number of para-hydroxylation sites is 1. The van der Waals surface area contributed by atoms with Gasteiger partial charge in [0.25, 0.3) is 5.69 Å². The van der Waals surface area contributed by atoms with Crippen LogP contribution in [0.5, 0.6) is 0 Å². The fourth-order valence-corrected chi connectivity index (χ4v) is 3.79. The van der Waals surface area contributed by atoms with Gasteiger partial charge in [0, 0.05) is 20.2 Å². The summed E-state index contributed by atoms with van der Waals surface area (Å²) in [6, 6.07) is 11.9. The standard InChI is InChI=1S/C18H16N8O4S/c1-23-14-8-12(13(26(29)30)9-15(14)24(2)18(23)28)19-16(27)10-31-17-20-21-22-25(17)11-6-4-3-5-7-11/h3-9H,10H2,1-2H3,(H,19,27). The highest BCUT2D eigenvalue weighted by Crippen LogP contribution is 2.30. The van der Waals surface area contributed by atoms with E-state index >= 15 is 0 Å². The number of tetrazole rings is 1. The van der Waals surface area contributed by atoms with Crippen molar-refractivity contribution in [2.75, 3.05) is 11.1 Å². The van der Waals surface area contributed by atoms with Crippen LogP contribution in [-0.2, 0) is 18.9 Å². The third-order valence-corrected chi connectivity index (χ3v) is 5.55. The van der Waals surface area contributed by atoms with Crippen molar-refractivity contribution >= 4 is 40.1 Å². The van der Waals surface area contributed by atoms with Gasteiger partial charge in [-0.3, -0.25) is 24.0 Å². The zero-order valence-electron chi connectivity index (χ0n) is 16.4. The summed E-state index contributed by atoms with van der Waals surface area (Å²) in [4.78, 5) is 35.6. The van der Waals surface area contributed by atoms with Gasteiger partial charge >= 0.3 is 5.69 Å². The summed E-state index contributed by atoms with van der Waals surface area (Å²) >= 11 is 1.09. The van der Waals surface area contributed by atoms with Gasteiger partial charge in [-0.2, -0.15) is 4.68 Å². The van der Waals surface area contributed by atoms with Gasteiger partial charge in [-0.15, -0.1) is 5.10 Å². The number of benzene rings is 2. The minimum Gasteiger partial charge on any atom is -0.320 e. The number of hydrogen-bond acceptors (Lipinski definition) is 8. The number of imidazole rings is 1. The Bertz CT molecular complexity index is 1360. The first-order valence-corrected chi connectivity index (χ1v) is 9.95. The molecule has 2 aromatic heterocycles. The predicted molar refractivity (Wildman–Crippen MR) is 113 cm³/mol. The zero-order chi connectivity index (χ0) is 22.1. The summed E-state index contributed by atoms with van der Waals surface area (Å²) in [6.45, 7) is 0. The van der Waals surface area contributed by atoms with Gasteiger partial charge in [-0.05, 0) is 28.6 Å². The fraction of sp³-hybridized carbons (Fsp3) is 0.167. The Balaban J connectivity index is 1.56. The van der Waals surface area contributed by atoms with Crippen molar-refractivity contribution < 1.29 is 9.72 Å². The zero-order valence-corrected chi connectivity index (χ0v) is 17.2. The lowest BCUT2D eigenvalue weighted by Gasteiger charge is -2.07. The molecule has 4 aromatic rings. The normalized spacial score (nSPS) is 11.0. The highest BCUT2D eigenvalue weighted by Gasteiger charge is 2.21. The summed E-state index contributed by atoms with van der Waals surface area (Å²) in [7, 11) is 3.08. The van der Waals surface area contributed by atoms with Crippen molar-refractivity contribution in [2.45, 2.75) is 5.16 Å². The van der Waals surface area contributed by atoms with Crippen LogP contribution in [0.25, 0.3) is 16.7 Å². The van der Waals surface area contributed by atoms with Crippen LogP contribution < -0.4 is 11.0 Å². The number of nitrogens with zero attached hydrogens (tertiary/aromatic N) is 7. The molecule has 0 spiro atoms. The summed E-state index contributed by atoms with van der Waals surface area (Å²) in [5, 5.41) is 26.0. The van der Waals surface area contributed by atoms with Crippen molar-refractivity contribution in [3.63, 3.8) is 0 Å². The molecule has 0 saturated heterocycles. The van der Waals surface area contributed by atoms with Crippen LogP contribution in [0, 0.1) is 10.1 Å². The van der Waals surface area contributed by atoms with E-state index in [1.54, 1.807) is 7.05 Å². The second-order valence-electron chi connectivity index (χ2n) is 6.56. The highest BCUT2D eigenvalue weighted by molar-refractivity contribution is 7.99. The Labute approximate surface area is 178 Å². The number of amides is 1. The third-order valence-electron chi connectivity index (χ3n) is 4.63. The number of rotatable bonds is 6. The van der Waals surface area contributed by atoms with E-state index < -0.39 is 10.8 Å². The molecule has 2 heterocycles. The Morgan fingerprint density at radius 1 is 1.16 bits per heavy atom. The summed E-state index contributed by atoms with van der Waals surface area (Å²) in [5.41, 5.74) is 0.980. The number of carbonyl (C=O) groups is 1. The van der Waals surface area contributed by atoms with Crippen LogP contribution in [-0.4, -0.2) is 45.9 Å². The van der Waals surface area contributed by atoms with Gasteiger partial charge in [0.1, 0.15) is 5.69 Å². The highest BCUT2D eigenvalue weighted by atomic mass is 32.2. The van der Waals surface area contributed by atoms with Crippen molar-refractivity contribution in [1.29, 1.82) is 0 Å². The van der Waals surface area contributed by atoms with Gasteiger partial charge in [0.05, 0.1) is 27.4 Å². The average Bonchev–Trinajstić information content (AvgIpc) is 3.32. The maximum atomic E-state index is 12.5. The molecule has 0 radical (unpaired) electrons. The molecule has 2 aromatic carbocycles. The molecule has 0 bridgehead atoms. The van der Waals surface area contributed by atoms with E-state index in [0.29, 0.717) is 16.2 Å². The summed E-state index contributed by atoms with van der Waals surface area (Å²) in [6.07, 6.45) is 0. The Morgan fingerprint density at radius 2 is 1.84 bits per heavy atom. The van der Waals surface area contributed by atoms with Gasteiger partial charge in [0.2, 0.25) is 11.1 Å². The first-order valence-electron chi connectivity index (χ1n) is 8.97. The number of thioether (sulfide) groups is 1. The molecule has 1 N–H and O–H groups in total. The third kappa shape index (κ3) is 3.77. The van der Waals surface area contributed by atoms with Crippen molar-refractivity contribution in [1.82, 2.24) is 29.3 Å². The van der Waals surface area contributed by atoms with Crippen molar-refractivity contribution in [3.8, 4) is 5.69 Å². The second kappa shape index (κ2) is 8.02. The van der Waals surface area contributed by atoms with E-state index in [-0.39, 0.29) is 22.8 Å². The molecule has 0 atom stereocenters. The predicted octanol–water partition coefficient (Wildman–Crippen LogP) is 1.49. The molecule has 0 unspecified atom stereocenters. The number of hydrogen-bond donors (Lipinski definition) is 1. The van der Waals surface area contributed by atoms with Crippen LogP contribution >= 0.6 is 11.8 Å². The van der Waals surface area contributed by atoms with Gasteiger partial charge in [0.15, 0.2) is 0 Å². The van der Waals surface area contributed by atoms with Crippen LogP contribution in [0.4, 0.5) is 11.4 Å². The van der Waals surface area contributed by atoms with E-state index in [1.165, 1.54) is 33.0 Å². The molecule has 0 fully saturated rings. The number of aromatic nitrogens is 6. The van der Waals surface area contributed by atoms with Crippen LogP contribution in [0.15, 0.2) is 52.4 Å². The van der Waals surface area contributed by atoms with Crippen molar-refractivity contribution in [3.05, 3.63) is 63.1 Å². The Hall–Kier alpha value is -4.00. The van der Waals surface area contributed by atoms with Crippen LogP contribution in [0.1, 0.15) is 0 Å². The van der Waals surface area contributed by atoms with E-state index in [1.807, 2.05) is 30.3 Å². The molecule has 1 amide bonds. The lowest BCUT2D eigenvalue weighted by Crippen LogP contribution is -2.19. The van der Waals surface area contributed by atoms with Gasteiger partial charge < -0.3 is 5.32 Å². The number of nitro benzene ring substituents is 1. The second-order valence-corrected chi connectivity index (χ2v) is 7.50. The molecule has 0 aliphatic carbocycles. The summed E-state index contributed by atoms with van der Waals surface area (Å²) < 4.78 is 4.16. The van der Waals surface area contributed by atoms with E-state index in [2.05, 4.69) is 20.8 Å². The molecule has 0 aliphatic rings. The minimum absolute atomic E-state index is 0.00644. The summed E-state index contributed by atoms with van der Waals surface area (Å²) in [5.74, 6) is -0.549. The van der Waals surface area contributed by atoms with Crippen molar-refractivity contribution in [2.24, 2.45) is 14.1 Å². The molecule has 4 rings (SSSR count). The SMILES string of the molecule is Cn1c(=O)n(C)c2cc([N+](=O)[O-])c(NC(=O)CSc3nnnn3-c3ccccc3)cc21. The number of anilines is 1. The molecule has 0 aliphatic heterocycles. The maximum absolute atomic E-state index is 12.5. The molecule has 13 heteroatoms. The van der Waals surface area contributed by atoms with Crippen LogP contribution in [0.2, 0.25) is 0 Å². The maximum Gasteiger partial charge on any atom is 0.328 e. The smallest absolute Gasteiger partial charge is 0.320 e. The van der Waals surface area contributed by atoms with E-state index in [4.69, 9.17) is 0 Å².